The first-order chi connectivity index (χ1) is 7.25. The van der Waals surface area contributed by atoms with E-state index in [1.807, 2.05) is 0 Å². The Kier molecular flexibility index (Phi) is 3.62. The summed E-state index contributed by atoms with van der Waals surface area (Å²) in [5, 5.41) is 6.43. The summed E-state index contributed by atoms with van der Waals surface area (Å²) < 4.78 is 0. The molecule has 2 N–H and O–H groups in total. The molecule has 1 aliphatic carbocycles. The number of carbonyl (C=O) groups is 1. The standard InChI is InChI=1S/C12H22N2O/c1-9-4-2-5-10(8-9)14-12(15)11-6-3-7-13-11/h9-11,13H,2-8H2,1H3,(H,14,15)/t9?,10?,11-/m1/s1. The lowest BCUT2D eigenvalue weighted by Gasteiger charge is -2.28. The molecule has 2 rings (SSSR count). The highest BCUT2D eigenvalue weighted by Crippen LogP contribution is 2.23. The minimum Gasteiger partial charge on any atom is -0.352 e. The van der Waals surface area contributed by atoms with Crippen LogP contribution in [0.2, 0.25) is 0 Å². The van der Waals surface area contributed by atoms with Crippen molar-refractivity contribution in [1.29, 1.82) is 0 Å². The molecule has 3 nitrogen and oxygen atoms in total. The summed E-state index contributed by atoms with van der Waals surface area (Å²) in [4.78, 5) is 11.8. The summed E-state index contributed by atoms with van der Waals surface area (Å²) in [6.45, 7) is 3.28. The number of amides is 1. The van der Waals surface area contributed by atoms with Crippen molar-refractivity contribution in [2.45, 2.75) is 57.5 Å². The molecule has 0 aromatic carbocycles. The molecule has 0 aromatic rings. The quantitative estimate of drug-likeness (QED) is 0.724. The second kappa shape index (κ2) is 4.97. The Morgan fingerprint density at radius 1 is 1.27 bits per heavy atom. The Hall–Kier alpha value is -0.570. The number of carbonyl (C=O) groups excluding carboxylic acids is 1. The average Bonchev–Trinajstić information content (AvgIpc) is 2.70. The molecule has 0 radical (unpaired) electrons. The molecular formula is C12H22N2O. The van der Waals surface area contributed by atoms with Gasteiger partial charge in [-0.2, -0.15) is 0 Å². The largest absolute Gasteiger partial charge is 0.352 e. The van der Waals surface area contributed by atoms with E-state index in [0.29, 0.717) is 6.04 Å². The van der Waals surface area contributed by atoms with Crippen LogP contribution in [0.4, 0.5) is 0 Å². The molecule has 0 aromatic heterocycles. The molecule has 2 unspecified atom stereocenters. The van der Waals surface area contributed by atoms with Gasteiger partial charge >= 0.3 is 0 Å². The van der Waals surface area contributed by atoms with Crippen LogP contribution >= 0.6 is 0 Å². The second-order valence-electron chi connectivity index (χ2n) is 5.13. The van der Waals surface area contributed by atoms with Gasteiger partial charge < -0.3 is 10.6 Å². The van der Waals surface area contributed by atoms with Gasteiger partial charge in [0.15, 0.2) is 0 Å². The topological polar surface area (TPSA) is 41.1 Å². The fourth-order valence-electron chi connectivity index (χ4n) is 2.78. The monoisotopic (exact) mass is 210 g/mol. The van der Waals surface area contributed by atoms with Crippen LogP contribution in [-0.4, -0.2) is 24.5 Å². The van der Waals surface area contributed by atoms with Gasteiger partial charge in [-0.05, 0) is 38.1 Å². The first-order valence-corrected chi connectivity index (χ1v) is 6.29. The molecular weight excluding hydrogens is 188 g/mol. The van der Waals surface area contributed by atoms with Crippen LogP contribution in [-0.2, 0) is 4.79 Å². The van der Waals surface area contributed by atoms with Crippen LogP contribution in [0, 0.1) is 5.92 Å². The summed E-state index contributed by atoms with van der Waals surface area (Å²) in [6.07, 6.45) is 7.08. The van der Waals surface area contributed by atoms with Crippen LogP contribution in [0.3, 0.4) is 0 Å². The van der Waals surface area contributed by atoms with Crippen molar-refractivity contribution in [3.05, 3.63) is 0 Å². The molecule has 2 fully saturated rings. The third-order valence-electron chi connectivity index (χ3n) is 3.66. The number of nitrogens with one attached hydrogen (secondary N) is 2. The van der Waals surface area contributed by atoms with Crippen LogP contribution in [0.5, 0.6) is 0 Å². The average molecular weight is 210 g/mol. The predicted octanol–water partition coefficient (Wildman–Crippen LogP) is 1.43. The predicted molar refractivity (Wildman–Crippen MR) is 60.6 cm³/mol. The van der Waals surface area contributed by atoms with Crippen molar-refractivity contribution >= 4 is 5.91 Å². The van der Waals surface area contributed by atoms with E-state index < -0.39 is 0 Å². The SMILES string of the molecule is CC1CCCC(NC(=O)[C@H]2CCCN2)C1. The molecule has 1 saturated heterocycles. The fraction of sp³-hybridized carbons (Fsp3) is 0.917. The zero-order valence-electron chi connectivity index (χ0n) is 9.59. The van der Waals surface area contributed by atoms with Crippen LogP contribution < -0.4 is 10.6 Å². The molecule has 1 heterocycles. The van der Waals surface area contributed by atoms with Gasteiger partial charge in [0.25, 0.3) is 0 Å². The van der Waals surface area contributed by atoms with Gasteiger partial charge in [-0.1, -0.05) is 19.8 Å². The van der Waals surface area contributed by atoms with Crippen LogP contribution in [0.1, 0.15) is 45.4 Å². The Labute approximate surface area is 92.0 Å². The highest BCUT2D eigenvalue weighted by atomic mass is 16.2. The summed E-state index contributed by atoms with van der Waals surface area (Å²) in [6, 6.07) is 0.519. The van der Waals surface area contributed by atoms with Crippen molar-refractivity contribution in [3.63, 3.8) is 0 Å². The minimum atomic E-state index is 0.0854. The van der Waals surface area contributed by atoms with E-state index >= 15 is 0 Å². The number of hydrogen-bond donors (Lipinski definition) is 2. The molecule has 3 atom stereocenters. The summed E-state index contributed by atoms with van der Waals surface area (Å²) >= 11 is 0. The van der Waals surface area contributed by atoms with E-state index in [4.69, 9.17) is 0 Å². The van der Waals surface area contributed by atoms with Gasteiger partial charge in [0.05, 0.1) is 6.04 Å². The van der Waals surface area contributed by atoms with Crippen LogP contribution in [0.25, 0.3) is 0 Å². The van der Waals surface area contributed by atoms with E-state index in [1.165, 1.54) is 25.7 Å². The zero-order valence-corrected chi connectivity index (χ0v) is 9.59. The fourth-order valence-corrected chi connectivity index (χ4v) is 2.78. The molecule has 1 amide bonds. The normalized spacial score (nSPS) is 36.5. The molecule has 0 bridgehead atoms. The Bertz CT molecular complexity index is 224. The molecule has 2 aliphatic rings. The van der Waals surface area contributed by atoms with Gasteiger partial charge in [0.2, 0.25) is 5.91 Å². The first-order valence-electron chi connectivity index (χ1n) is 6.29. The van der Waals surface area contributed by atoms with E-state index in [-0.39, 0.29) is 11.9 Å². The second-order valence-corrected chi connectivity index (χ2v) is 5.13. The molecule has 1 saturated carbocycles. The molecule has 1 aliphatic heterocycles. The van der Waals surface area contributed by atoms with E-state index in [9.17, 15) is 4.79 Å². The molecule has 3 heteroatoms. The van der Waals surface area contributed by atoms with Gasteiger partial charge in [0.1, 0.15) is 0 Å². The lowest BCUT2D eigenvalue weighted by molar-refractivity contribution is -0.123. The van der Waals surface area contributed by atoms with E-state index in [1.54, 1.807) is 0 Å². The minimum absolute atomic E-state index is 0.0854. The Morgan fingerprint density at radius 3 is 2.80 bits per heavy atom. The lowest BCUT2D eigenvalue weighted by Crippen LogP contribution is -2.46. The third kappa shape index (κ3) is 2.94. The molecule has 86 valence electrons. The van der Waals surface area contributed by atoms with Crippen molar-refractivity contribution in [1.82, 2.24) is 10.6 Å². The van der Waals surface area contributed by atoms with Crippen molar-refractivity contribution in [2.24, 2.45) is 5.92 Å². The maximum atomic E-state index is 11.8. The Morgan fingerprint density at radius 2 is 2.13 bits per heavy atom. The maximum Gasteiger partial charge on any atom is 0.237 e. The van der Waals surface area contributed by atoms with Crippen molar-refractivity contribution < 1.29 is 4.79 Å². The van der Waals surface area contributed by atoms with Crippen molar-refractivity contribution in [3.8, 4) is 0 Å². The van der Waals surface area contributed by atoms with Crippen molar-refractivity contribution in [2.75, 3.05) is 6.54 Å². The van der Waals surface area contributed by atoms with Gasteiger partial charge in [-0.25, -0.2) is 0 Å². The van der Waals surface area contributed by atoms with Gasteiger partial charge in [0, 0.05) is 6.04 Å². The summed E-state index contributed by atoms with van der Waals surface area (Å²) in [5.74, 6) is 1.01. The van der Waals surface area contributed by atoms with E-state index in [0.717, 1.165) is 25.3 Å². The zero-order chi connectivity index (χ0) is 10.7. The number of hydrogen-bond acceptors (Lipinski definition) is 2. The first kappa shape index (κ1) is 10.9. The third-order valence-corrected chi connectivity index (χ3v) is 3.66. The highest BCUT2D eigenvalue weighted by Gasteiger charge is 2.26. The van der Waals surface area contributed by atoms with Gasteiger partial charge in [-0.15, -0.1) is 0 Å². The summed E-state index contributed by atoms with van der Waals surface area (Å²) in [5.41, 5.74) is 0. The van der Waals surface area contributed by atoms with Gasteiger partial charge in [-0.3, -0.25) is 4.79 Å². The Balaban J connectivity index is 1.77. The van der Waals surface area contributed by atoms with Crippen LogP contribution in [0.15, 0.2) is 0 Å². The lowest BCUT2D eigenvalue weighted by atomic mass is 9.87. The number of rotatable bonds is 2. The maximum absolute atomic E-state index is 11.8. The summed E-state index contributed by atoms with van der Waals surface area (Å²) in [7, 11) is 0. The van der Waals surface area contributed by atoms with E-state index in [2.05, 4.69) is 17.6 Å². The molecule has 0 spiro atoms. The molecule has 15 heavy (non-hydrogen) atoms. The highest BCUT2D eigenvalue weighted by molar-refractivity contribution is 5.82. The smallest absolute Gasteiger partial charge is 0.237 e.